The second-order valence-electron chi connectivity index (χ2n) is 5.18. The molecule has 1 amide bonds. The molecule has 1 heterocycles. The van der Waals surface area contributed by atoms with Gasteiger partial charge in [-0.3, -0.25) is 9.89 Å². The normalized spacial score (nSPS) is 13.7. The molecule has 1 saturated carbocycles. The van der Waals surface area contributed by atoms with Gasteiger partial charge in [-0.2, -0.15) is 5.10 Å². The first-order valence-electron chi connectivity index (χ1n) is 7.19. The van der Waals surface area contributed by atoms with Crippen molar-refractivity contribution in [3.8, 4) is 11.5 Å². The van der Waals surface area contributed by atoms with Crippen LogP contribution in [0.1, 0.15) is 24.5 Å². The summed E-state index contributed by atoms with van der Waals surface area (Å²) in [6.45, 7) is 0.267. The van der Waals surface area contributed by atoms with Crippen molar-refractivity contribution in [2.45, 2.75) is 31.9 Å². The van der Waals surface area contributed by atoms with Crippen molar-refractivity contribution in [3.05, 3.63) is 35.9 Å². The number of hydrogen-bond donors (Lipinski definition) is 2. The van der Waals surface area contributed by atoms with Gasteiger partial charge in [-0.25, -0.2) is 4.98 Å². The molecule has 1 aromatic carbocycles. The number of amides is 1. The van der Waals surface area contributed by atoms with E-state index < -0.39 is 0 Å². The summed E-state index contributed by atoms with van der Waals surface area (Å²) < 4.78 is 10.7. The van der Waals surface area contributed by atoms with E-state index in [0.717, 1.165) is 18.6 Å². The summed E-state index contributed by atoms with van der Waals surface area (Å²) in [4.78, 5) is 15.9. The highest BCUT2D eigenvalue weighted by Crippen LogP contribution is 2.19. The number of benzene rings is 1. The highest BCUT2D eigenvalue weighted by molar-refractivity contribution is 5.78. The number of methoxy groups -OCH3 is 1. The molecule has 1 aliphatic carbocycles. The molecule has 0 unspecified atom stereocenters. The number of nitrogens with zero attached hydrogens (tertiary/aromatic N) is 2. The van der Waals surface area contributed by atoms with Gasteiger partial charge in [0.25, 0.3) is 0 Å². The molecule has 22 heavy (non-hydrogen) atoms. The Morgan fingerprint density at radius 2 is 2.05 bits per heavy atom. The highest BCUT2D eigenvalue weighted by atomic mass is 16.5. The average molecular weight is 302 g/mol. The van der Waals surface area contributed by atoms with E-state index in [0.29, 0.717) is 23.4 Å². The summed E-state index contributed by atoms with van der Waals surface area (Å²) in [5, 5.41) is 9.71. The SMILES string of the molecule is COc1ccc(OCc2nc(CC(=O)NC3CC3)n[nH]2)cc1. The largest absolute Gasteiger partial charge is 0.497 e. The van der Waals surface area contributed by atoms with Crippen LogP contribution in [-0.2, 0) is 17.8 Å². The molecule has 0 aliphatic heterocycles. The second kappa shape index (κ2) is 6.46. The second-order valence-corrected chi connectivity index (χ2v) is 5.18. The van der Waals surface area contributed by atoms with Crippen LogP contribution in [-0.4, -0.2) is 34.2 Å². The van der Waals surface area contributed by atoms with Gasteiger partial charge >= 0.3 is 0 Å². The van der Waals surface area contributed by atoms with Gasteiger partial charge in [0, 0.05) is 6.04 Å². The Balaban J connectivity index is 1.49. The minimum atomic E-state index is -0.0378. The monoisotopic (exact) mass is 302 g/mol. The van der Waals surface area contributed by atoms with Gasteiger partial charge in [0.2, 0.25) is 5.91 Å². The zero-order chi connectivity index (χ0) is 15.4. The van der Waals surface area contributed by atoms with Gasteiger partial charge < -0.3 is 14.8 Å². The van der Waals surface area contributed by atoms with Crippen LogP contribution < -0.4 is 14.8 Å². The molecule has 7 nitrogen and oxygen atoms in total. The predicted molar refractivity (Wildman–Crippen MR) is 78.6 cm³/mol. The summed E-state index contributed by atoms with van der Waals surface area (Å²) in [7, 11) is 1.62. The number of hydrogen-bond acceptors (Lipinski definition) is 5. The fourth-order valence-electron chi connectivity index (χ4n) is 1.95. The first kappa shape index (κ1) is 14.4. The van der Waals surface area contributed by atoms with E-state index >= 15 is 0 Å². The van der Waals surface area contributed by atoms with Crippen LogP contribution in [0.3, 0.4) is 0 Å². The fraction of sp³-hybridized carbons (Fsp3) is 0.400. The van der Waals surface area contributed by atoms with Crippen LogP contribution in [0.15, 0.2) is 24.3 Å². The van der Waals surface area contributed by atoms with Gasteiger partial charge in [-0.15, -0.1) is 0 Å². The number of aromatic nitrogens is 3. The van der Waals surface area contributed by atoms with Crippen molar-refractivity contribution in [3.63, 3.8) is 0 Å². The molecule has 1 fully saturated rings. The molecule has 0 radical (unpaired) electrons. The van der Waals surface area contributed by atoms with E-state index in [9.17, 15) is 4.79 Å². The third-order valence-corrected chi connectivity index (χ3v) is 3.27. The third kappa shape index (κ3) is 3.97. The molecule has 0 bridgehead atoms. The van der Waals surface area contributed by atoms with Crippen LogP contribution in [0.25, 0.3) is 0 Å². The van der Waals surface area contributed by atoms with Crippen LogP contribution in [0, 0.1) is 0 Å². The standard InChI is InChI=1S/C15H18N4O3/c1-21-11-4-6-12(7-5-11)22-9-14-17-13(18-19-14)8-15(20)16-10-2-3-10/h4-7,10H,2-3,8-9H2,1H3,(H,16,20)(H,17,18,19). The minimum Gasteiger partial charge on any atom is -0.497 e. The molecule has 3 rings (SSSR count). The van der Waals surface area contributed by atoms with E-state index in [4.69, 9.17) is 9.47 Å². The lowest BCUT2D eigenvalue weighted by molar-refractivity contribution is -0.120. The first-order chi connectivity index (χ1) is 10.7. The molecule has 0 atom stereocenters. The first-order valence-corrected chi connectivity index (χ1v) is 7.19. The molecule has 0 spiro atoms. The molecule has 1 aliphatic rings. The van der Waals surface area contributed by atoms with Gasteiger partial charge in [-0.1, -0.05) is 0 Å². The quantitative estimate of drug-likeness (QED) is 0.802. The Hall–Kier alpha value is -2.57. The number of nitrogens with one attached hydrogen (secondary N) is 2. The third-order valence-electron chi connectivity index (χ3n) is 3.27. The smallest absolute Gasteiger partial charge is 0.227 e. The molecule has 2 aromatic rings. The molecule has 2 N–H and O–H groups in total. The van der Waals surface area contributed by atoms with Crippen molar-refractivity contribution in [2.24, 2.45) is 0 Å². The average Bonchev–Trinajstić information content (AvgIpc) is 3.23. The maximum absolute atomic E-state index is 11.7. The van der Waals surface area contributed by atoms with Gasteiger partial charge in [0.05, 0.1) is 13.5 Å². The van der Waals surface area contributed by atoms with E-state index in [2.05, 4.69) is 20.5 Å². The van der Waals surface area contributed by atoms with Gasteiger partial charge in [0.1, 0.15) is 18.1 Å². The fourth-order valence-corrected chi connectivity index (χ4v) is 1.95. The predicted octanol–water partition coefficient (Wildman–Crippen LogP) is 1.21. The van der Waals surface area contributed by atoms with Gasteiger partial charge in [-0.05, 0) is 37.1 Å². The van der Waals surface area contributed by atoms with Crippen molar-refractivity contribution >= 4 is 5.91 Å². The zero-order valence-electron chi connectivity index (χ0n) is 12.3. The van der Waals surface area contributed by atoms with Crippen molar-refractivity contribution in [2.75, 3.05) is 7.11 Å². The molecule has 1 aromatic heterocycles. The Kier molecular flexibility index (Phi) is 4.22. The maximum atomic E-state index is 11.7. The van der Waals surface area contributed by atoms with E-state index in [1.807, 2.05) is 24.3 Å². The number of aromatic amines is 1. The van der Waals surface area contributed by atoms with Crippen molar-refractivity contribution < 1.29 is 14.3 Å². The number of rotatable bonds is 7. The van der Waals surface area contributed by atoms with E-state index in [-0.39, 0.29) is 18.9 Å². The topological polar surface area (TPSA) is 89.1 Å². The summed E-state index contributed by atoms with van der Waals surface area (Å²) in [6, 6.07) is 7.63. The number of ether oxygens (including phenoxy) is 2. The molecule has 0 saturated heterocycles. The number of carbonyl (C=O) groups excluding carboxylic acids is 1. The van der Waals surface area contributed by atoms with Crippen LogP contribution in [0.2, 0.25) is 0 Å². The summed E-state index contributed by atoms with van der Waals surface area (Å²) >= 11 is 0. The zero-order valence-corrected chi connectivity index (χ0v) is 12.3. The maximum Gasteiger partial charge on any atom is 0.227 e. The number of carbonyl (C=O) groups is 1. The summed E-state index contributed by atoms with van der Waals surface area (Å²) in [5.41, 5.74) is 0. The lowest BCUT2D eigenvalue weighted by Crippen LogP contribution is -2.27. The molecule has 7 heteroatoms. The lowest BCUT2D eigenvalue weighted by atomic mass is 10.3. The Morgan fingerprint density at radius 1 is 1.32 bits per heavy atom. The van der Waals surface area contributed by atoms with Crippen LogP contribution in [0.4, 0.5) is 0 Å². The van der Waals surface area contributed by atoms with E-state index in [1.54, 1.807) is 7.11 Å². The minimum absolute atomic E-state index is 0.0378. The molecular formula is C15H18N4O3. The van der Waals surface area contributed by atoms with E-state index in [1.165, 1.54) is 0 Å². The van der Waals surface area contributed by atoms with Crippen molar-refractivity contribution in [1.82, 2.24) is 20.5 Å². The molecular weight excluding hydrogens is 284 g/mol. The van der Waals surface area contributed by atoms with Gasteiger partial charge in [0.15, 0.2) is 11.6 Å². The summed E-state index contributed by atoms with van der Waals surface area (Å²) in [6.07, 6.45) is 2.33. The molecule has 116 valence electrons. The van der Waals surface area contributed by atoms with Crippen LogP contribution in [0.5, 0.6) is 11.5 Å². The Bertz CT molecular complexity index is 634. The number of H-pyrrole nitrogens is 1. The Labute approximate surface area is 128 Å². The van der Waals surface area contributed by atoms with Crippen LogP contribution >= 0.6 is 0 Å². The van der Waals surface area contributed by atoms with Crippen molar-refractivity contribution in [1.29, 1.82) is 0 Å². The Morgan fingerprint density at radius 3 is 2.73 bits per heavy atom. The lowest BCUT2D eigenvalue weighted by Gasteiger charge is -2.04. The summed E-state index contributed by atoms with van der Waals surface area (Å²) in [5.74, 6) is 2.52. The highest BCUT2D eigenvalue weighted by Gasteiger charge is 2.23.